The lowest BCUT2D eigenvalue weighted by atomic mass is 9.83. The molecule has 1 atom stereocenters. The number of halogens is 2. The van der Waals surface area contributed by atoms with Crippen LogP contribution in [-0.2, 0) is 0 Å². The summed E-state index contributed by atoms with van der Waals surface area (Å²) in [6.07, 6.45) is 7.43. The molecule has 1 fully saturated rings. The highest BCUT2D eigenvalue weighted by molar-refractivity contribution is 9.10. The van der Waals surface area contributed by atoms with Gasteiger partial charge in [-0.15, -0.1) is 0 Å². The normalized spacial score (nSPS) is 19.7. The summed E-state index contributed by atoms with van der Waals surface area (Å²) in [6.45, 7) is 0. The third-order valence-corrected chi connectivity index (χ3v) is 3.91. The van der Waals surface area contributed by atoms with Gasteiger partial charge in [0.2, 0.25) is 0 Å². The molecule has 1 saturated carbocycles. The molecule has 1 heterocycles. The maximum Gasteiger partial charge on any atom is 0.148 e. The third kappa shape index (κ3) is 2.43. The van der Waals surface area contributed by atoms with Gasteiger partial charge in [0.05, 0.1) is 12.3 Å². The SMILES string of the molecule is O[C@@H](c1c(F)cncc1Br)C1CCCCC1. The van der Waals surface area contributed by atoms with E-state index >= 15 is 0 Å². The van der Waals surface area contributed by atoms with Gasteiger partial charge in [0.25, 0.3) is 0 Å². The van der Waals surface area contributed by atoms with Gasteiger partial charge in [0.15, 0.2) is 0 Å². The van der Waals surface area contributed by atoms with Crippen molar-refractivity contribution in [2.45, 2.75) is 38.2 Å². The molecule has 2 nitrogen and oxygen atoms in total. The maximum absolute atomic E-state index is 13.6. The second-order valence-electron chi connectivity index (χ2n) is 4.36. The highest BCUT2D eigenvalue weighted by atomic mass is 79.9. The average molecular weight is 288 g/mol. The Morgan fingerprint density at radius 2 is 2.00 bits per heavy atom. The Hall–Kier alpha value is -0.480. The molecule has 2 rings (SSSR count). The number of nitrogens with zero attached hydrogens (tertiary/aromatic N) is 1. The summed E-state index contributed by atoms with van der Waals surface area (Å²) in [6, 6.07) is 0. The third-order valence-electron chi connectivity index (χ3n) is 3.28. The fourth-order valence-electron chi connectivity index (χ4n) is 2.39. The van der Waals surface area contributed by atoms with Crippen LogP contribution in [0.5, 0.6) is 0 Å². The number of rotatable bonds is 2. The molecular weight excluding hydrogens is 273 g/mol. The van der Waals surface area contributed by atoms with Crippen LogP contribution in [0.4, 0.5) is 4.39 Å². The predicted molar refractivity (Wildman–Crippen MR) is 63.4 cm³/mol. The molecule has 0 spiro atoms. The molecular formula is C12H15BrFNO. The topological polar surface area (TPSA) is 33.1 Å². The summed E-state index contributed by atoms with van der Waals surface area (Å²) >= 11 is 3.25. The zero-order valence-corrected chi connectivity index (χ0v) is 10.6. The summed E-state index contributed by atoms with van der Waals surface area (Å²) < 4.78 is 14.2. The smallest absolute Gasteiger partial charge is 0.148 e. The Morgan fingerprint density at radius 1 is 1.31 bits per heavy atom. The first-order valence-electron chi connectivity index (χ1n) is 5.67. The van der Waals surface area contributed by atoms with Crippen LogP contribution < -0.4 is 0 Å². The first kappa shape index (κ1) is 12.0. The lowest BCUT2D eigenvalue weighted by Gasteiger charge is -2.27. The molecule has 1 aromatic rings. The fourth-order valence-corrected chi connectivity index (χ4v) is 2.93. The summed E-state index contributed by atoms with van der Waals surface area (Å²) in [5.74, 6) is -0.241. The van der Waals surface area contributed by atoms with Gasteiger partial charge in [-0.05, 0) is 34.7 Å². The molecule has 16 heavy (non-hydrogen) atoms. The van der Waals surface area contributed by atoms with E-state index in [1.165, 1.54) is 12.6 Å². The Kier molecular flexibility index (Phi) is 3.92. The van der Waals surface area contributed by atoms with Gasteiger partial charge in [-0.3, -0.25) is 4.98 Å². The molecule has 1 aliphatic rings. The molecule has 4 heteroatoms. The van der Waals surface area contributed by atoms with E-state index in [1.54, 1.807) is 0 Å². The van der Waals surface area contributed by atoms with Crippen molar-refractivity contribution in [1.82, 2.24) is 4.98 Å². The summed E-state index contributed by atoms with van der Waals surface area (Å²) in [7, 11) is 0. The van der Waals surface area contributed by atoms with E-state index in [2.05, 4.69) is 20.9 Å². The van der Waals surface area contributed by atoms with Crippen LogP contribution in [0.25, 0.3) is 0 Å². The molecule has 88 valence electrons. The monoisotopic (exact) mass is 287 g/mol. The van der Waals surface area contributed by atoms with Crippen LogP contribution >= 0.6 is 15.9 Å². The number of aromatic nitrogens is 1. The van der Waals surface area contributed by atoms with Crippen LogP contribution in [-0.4, -0.2) is 10.1 Å². The van der Waals surface area contributed by atoms with Gasteiger partial charge < -0.3 is 5.11 Å². The number of hydrogen-bond acceptors (Lipinski definition) is 2. The molecule has 1 aliphatic carbocycles. The minimum absolute atomic E-state index is 0.182. The minimum Gasteiger partial charge on any atom is -0.388 e. The van der Waals surface area contributed by atoms with Crippen molar-refractivity contribution in [3.8, 4) is 0 Å². The maximum atomic E-state index is 13.6. The fraction of sp³-hybridized carbons (Fsp3) is 0.583. The Morgan fingerprint density at radius 3 is 2.62 bits per heavy atom. The number of pyridine rings is 1. The summed E-state index contributed by atoms with van der Waals surface area (Å²) in [5.41, 5.74) is 0.363. The van der Waals surface area contributed by atoms with E-state index < -0.39 is 11.9 Å². The number of aliphatic hydroxyl groups is 1. The van der Waals surface area contributed by atoms with Crippen molar-refractivity contribution in [2.75, 3.05) is 0 Å². The first-order valence-corrected chi connectivity index (χ1v) is 6.46. The molecule has 1 aromatic heterocycles. The van der Waals surface area contributed by atoms with E-state index in [4.69, 9.17) is 0 Å². The number of hydrogen-bond donors (Lipinski definition) is 1. The molecule has 1 N–H and O–H groups in total. The van der Waals surface area contributed by atoms with Crippen molar-refractivity contribution in [1.29, 1.82) is 0 Å². The summed E-state index contributed by atoms with van der Waals surface area (Å²) in [4.78, 5) is 3.74. The van der Waals surface area contributed by atoms with Crippen LogP contribution in [0.2, 0.25) is 0 Å². The Labute approximate surface area is 103 Å². The van der Waals surface area contributed by atoms with Gasteiger partial charge in [-0.2, -0.15) is 0 Å². The van der Waals surface area contributed by atoms with E-state index in [-0.39, 0.29) is 5.92 Å². The van der Waals surface area contributed by atoms with Crippen molar-refractivity contribution in [3.63, 3.8) is 0 Å². The number of aliphatic hydroxyl groups excluding tert-OH is 1. The van der Waals surface area contributed by atoms with Gasteiger partial charge in [-0.1, -0.05) is 19.3 Å². The van der Waals surface area contributed by atoms with Crippen molar-refractivity contribution in [2.24, 2.45) is 5.92 Å². The van der Waals surface area contributed by atoms with Gasteiger partial charge in [0.1, 0.15) is 5.82 Å². The van der Waals surface area contributed by atoms with Gasteiger partial charge in [-0.25, -0.2) is 4.39 Å². The summed E-state index contributed by atoms with van der Waals surface area (Å²) in [5, 5.41) is 10.2. The predicted octanol–water partition coefficient (Wildman–Crippen LogP) is 3.60. The van der Waals surface area contributed by atoms with Crippen molar-refractivity contribution in [3.05, 3.63) is 28.2 Å². The lowest BCUT2D eigenvalue weighted by Crippen LogP contribution is -2.17. The molecule has 0 radical (unpaired) electrons. The standard InChI is InChI=1S/C12H15BrFNO/c13-9-6-15-7-10(14)11(9)12(16)8-4-2-1-3-5-8/h6-8,12,16H,1-5H2/t12-/m1/s1. The van der Waals surface area contributed by atoms with Gasteiger partial charge >= 0.3 is 0 Å². The van der Waals surface area contributed by atoms with Crippen molar-refractivity contribution >= 4 is 15.9 Å². The molecule has 0 aliphatic heterocycles. The van der Waals surface area contributed by atoms with Crippen LogP contribution in [0.15, 0.2) is 16.9 Å². The molecule has 0 amide bonds. The van der Waals surface area contributed by atoms with Crippen LogP contribution in [0.1, 0.15) is 43.8 Å². The second kappa shape index (κ2) is 5.23. The van der Waals surface area contributed by atoms with Gasteiger partial charge in [0, 0.05) is 16.2 Å². The second-order valence-corrected chi connectivity index (χ2v) is 5.21. The highest BCUT2D eigenvalue weighted by Gasteiger charge is 2.26. The van der Waals surface area contributed by atoms with Crippen LogP contribution in [0.3, 0.4) is 0 Å². The van der Waals surface area contributed by atoms with Crippen molar-refractivity contribution < 1.29 is 9.50 Å². The highest BCUT2D eigenvalue weighted by Crippen LogP contribution is 2.37. The van der Waals surface area contributed by atoms with E-state index in [9.17, 15) is 9.50 Å². The molecule has 0 saturated heterocycles. The Bertz CT molecular complexity index is 346. The Balaban J connectivity index is 2.22. The average Bonchev–Trinajstić information content (AvgIpc) is 2.30. The molecule has 0 unspecified atom stereocenters. The zero-order chi connectivity index (χ0) is 11.5. The minimum atomic E-state index is -0.710. The van der Waals surface area contributed by atoms with E-state index in [1.807, 2.05) is 0 Å². The largest absolute Gasteiger partial charge is 0.388 e. The molecule has 0 aromatic carbocycles. The zero-order valence-electron chi connectivity index (χ0n) is 9.00. The lowest BCUT2D eigenvalue weighted by molar-refractivity contribution is 0.0808. The van der Waals surface area contributed by atoms with Crippen LogP contribution in [0, 0.1) is 11.7 Å². The molecule has 0 bridgehead atoms. The van der Waals surface area contributed by atoms with E-state index in [0.717, 1.165) is 31.9 Å². The van der Waals surface area contributed by atoms with E-state index in [0.29, 0.717) is 10.0 Å². The first-order chi connectivity index (χ1) is 7.70. The quantitative estimate of drug-likeness (QED) is 0.902.